The molecule has 0 radical (unpaired) electrons. The van der Waals surface area contributed by atoms with Gasteiger partial charge >= 0.3 is 5.56 Å². The molecule has 1 aliphatic carbocycles. The lowest BCUT2D eigenvalue weighted by Crippen LogP contribution is -2.50. The zero-order valence-corrected chi connectivity index (χ0v) is 20.3. The topological polar surface area (TPSA) is 86.6 Å². The zero-order valence-electron chi connectivity index (χ0n) is 19.5. The number of piperazine rings is 1. The van der Waals surface area contributed by atoms with Crippen LogP contribution in [0.15, 0.2) is 59.7 Å². The molecule has 34 heavy (non-hydrogen) atoms. The maximum atomic E-state index is 13.7. The first-order valence-corrected chi connectivity index (χ1v) is 12.9. The van der Waals surface area contributed by atoms with Gasteiger partial charge in [0.1, 0.15) is 17.0 Å². The van der Waals surface area contributed by atoms with Crippen LogP contribution >= 0.6 is 0 Å². The highest BCUT2D eigenvalue weighted by Crippen LogP contribution is 2.36. The molecule has 3 aromatic rings. The van der Waals surface area contributed by atoms with Gasteiger partial charge in [-0.1, -0.05) is 24.3 Å². The van der Waals surface area contributed by atoms with Crippen LogP contribution < -0.4 is 15.2 Å². The minimum atomic E-state index is -1.01. The first kappa shape index (κ1) is 22.9. The number of aryl methyl sites for hydroxylation is 1. The third-order valence-corrected chi connectivity index (χ3v) is 8.01. The highest BCUT2D eigenvalue weighted by molar-refractivity contribution is 7.89. The van der Waals surface area contributed by atoms with Gasteiger partial charge < -0.3 is 14.2 Å². The second-order valence-electron chi connectivity index (χ2n) is 8.84. The molecule has 178 valence electrons. The van der Waals surface area contributed by atoms with Crippen LogP contribution in [0.4, 0.5) is 5.69 Å². The van der Waals surface area contributed by atoms with Crippen LogP contribution in [0.1, 0.15) is 37.6 Å². The summed E-state index contributed by atoms with van der Waals surface area (Å²) in [5, 5.41) is 4.56. The number of para-hydroxylation sites is 1. The van der Waals surface area contributed by atoms with Gasteiger partial charge in [-0.15, -0.1) is 4.31 Å². The Labute approximate surface area is 202 Å². The van der Waals surface area contributed by atoms with E-state index in [1.165, 1.54) is 4.68 Å². The summed E-state index contributed by atoms with van der Waals surface area (Å²) in [5.41, 5.74) is 3.15. The molecule has 0 amide bonds. The zero-order chi connectivity index (χ0) is 23.7. The molecule has 2 aliphatic rings. The average molecular weight is 480 g/mol. The van der Waals surface area contributed by atoms with Crippen LogP contribution in [0, 0.1) is 0 Å². The molecule has 0 saturated carbocycles. The van der Waals surface area contributed by atoms with E-state index in [9.17, 15) is 9.35 Å². The van der Waals surface area contributed by atoms with E-state index in [4.69, 9.17) is 4.74 Å². The third kappa shape index (κ3) is 4.43. The fourth-order valence-corrected chi connectivity index (χ4v) is 5.69. The second kappa shape index (κ2) is 9.77. The smallest absolute Gasteiger partial charge is 0.316 e. The van der Waals surface area contributed by atoms with Crippen LogP contribution in [-0.2, 0) is 17.8 Å². The number of fused-ring (bicyclic) bond motifs is 1. The first-order valence-electron chi connectivity index (χ1n) is 11.7. The highest BCUT2D eigenvalue weighted by atomic mass is 32.2. The van der Waals surface area contributed by atoms with Gasteiger partial charge in [-0.2, -0.15) is 9.78 Å². The standard InChI is InChI=1S/C25H29N5O3S/c1-18(2)34(32)29-15-13-28(14-16-29)22-17-27-30(19-7-4-3-5-8-19)25(31)24(22)33-23-11-10-21-20(23)9-6-12-26-21/h3-9,12,17-18,23H,10-11,13-16H2,1-2H3. The molecule has 1 aliphatic heterocycles. The number of hydrogen-bond donors (Lipinski definition) is 0. The molecule has 2 aromatic heterocycles. The summed E-state index contributed by atoms with van der Waals surface area (Å²) in [4.78, 5) is 20.3. The molecule has 3 heterocycles. The van der Waals surface area contributed by atoms with Crippen molar-refractivity contribution in [2.45, 2.75) is 38.0 Å². The van der Waals surface area contributed by atoms with E-state index in [-0.39, 0.29) is 16.9 Å². The van der Waals surface area contributed by atoms with E-state index in [2.05, 4.69) is 15.0 Å². The number of pyridine rings is 1. The lowest BCUT2D eigenvalue weighted by Gasteiger charge is -2.37. The lowest BCUT2D eigenvalue weighted by molar-refractivity contribution is 0.203. The van der Waals surface area contributed by atoms with Crippen molar-refractivity contribution in [2.75, 3.05) is 31.1 Å². The van der Waals surface area contributed by atoms with Crippen LogP contribution in [0.25, 0.3) is 5.69 Å². The van der Waals surface area contributed by atoms with Crippen LogP contribution in [0.2, 0.25) is 0 Å². The van der Waals surface area contributed by atoms with Gasteiger partial charge in [0.2, 0.25) is 5.75 Å². The molecule has 0 N–H and O–H groups in total. The minimum absolute atomic E-state index is 0.0814. The number of rotatable bonds is 6. The van der Waals surface area contributed by atoms with E-state index in [0.29, 0.717) is 43.3 Å². The molecule has 8 nitrogen and oxygen atoms in total. The minimum Gasteiger partial charge on any atom is -0.598 e. The van der Waals surface area contributed by atoms with Gasteiger partial charge in [0.25, 0.3) is 0 Å². The van der Waals surface area contributed by atoms with Crippen molar-refractivity contribution in [3.05, 3.63) is 76.5 Å². The summed E-state index contributed by atoms with van der Waals surface area (Å²) in [6, 6.07) is 13.3. The van der Waals surface area contributed by atoms with Crippen LogP contribution in [0.5, 0.6) is 5.75 Å². The van der Waals surface area contributed by atoms with Crippen molar-refractivity contribution in [3.63, 3.8) is 0 Å². The van der Waals surface area contributed by atoms with E-state index in [1.54, 1.807) is 12.4 Å². The maximum absolute atomic E-state index is 13.7. The number of ether oxygens (including phenoxy) is 1. The maximum Gasteiger partial charge on any atom is 0.316 e. The summed E-state index contributed by atoms with van der Waals surface area (Å²) in [6.45, 7) is 6.54. The number of anilines is 1. The average Bonchev–Trinajstić information content (AvgIpc) is 3.28. The summed E-state index contributed by atoms with van der Waals surface area (Å²) < 4.78 is 22.4. The van der Waals surface area contributed by atoms with Crippen LogP contribution in [0.3, 0.4) is 0 Å². The molecule has 1 aromatic carbocycles. The molecule has 1 saturated heterocycles. The number of nitrogens with zero attached hydrogens (tertiary/aromatic N) is 5. The molecular formula is C25H29N5O3S. The van der Waals surface area contributed by atoms with Gasteiger partial charge in [-0.05, 0) is 44.9 Å². The number of aromatic nitrogens is 3. The van der Waals surface area contributed by atoms with Gasteiger partial charge in [-0.3, -0.25) is 9.78 Å². The Balaban J connectivity index is 1.48. The predicted molar refractivity (Wildman–Crippen MR) is 133 cm³/mol. The monoisotopic (exact) mass is 479 g/mol. The Bertz CT molecular complexity index is 1190. The van der Waals surface area contributed by atoms with E-state index in [1.807, 2.05) is 60.6 Å². The van der Waals surface area contributed by atoms with E-state index in [0.717, 1.165) is 24.1 Å². The van der Waals surface area contributed by atoms with Gasteiger partial charge in [-0.25, -0.2) is 0 Å². The van der Waals surface area contributed by atoms with Gasteiger partial charge in [0.15, 0.2) is 0 Å². The molecule has 0 bridgehead atoms. The summed E-state index contributed by atoms with van der Waals surface area (Å²) >= 11 is -1.01. The highest BCUT2D eigenvalue weighted by Gasteiger charge is 2.32. The lowest BCUT2D eigenvalue weighted by atomic mass is 10.2. The Morgan fingerprint density at radius 1 is 1.09 bits per heavy atom. The van der Waals surface area contributed by atoms with Crippen molar-refractivity contribution in [1.82, 2.24) is 19.1 Å². The first-order chi connectivity index (χ1) is 16.5. The van der Waals surface area contributed by atoms with Crippen LogP contribution in [-0.4, -0.2) is 55.1 Å². The van der Waals surface area contributed by atoms with Crippen molar-refractivity contribution in [1.29, 1.82) is 0 Å². The largest absolute Gasteiger partial charge is 0.598 e. The molecular weight excluding hydrogens is 450 g/mol. The molecule has 2 unspecified atom stereocenters. The molecule has 2 atom stereocenters. The summed E-state index contributed by atoms with van der Waals surface area (Å²) in [7, 11) is 0. The van der Waals surface area contributed by atoms with Gasteiger partial charge in [0, 0.05) is 41.9 Å². The van der Waals surface area contributed by atoms with Crippen molar-refractivity contribution >= 4 is 17.0 Å². The second-order valence-corrected chi connectivity index (χ2v) is 10.8. The van der Waals surface area contributed by atoms with E-state index >= 15 is 0 Å². The molecule has 0 spiro atoms. The summed E-state index contributed by atoms with van der Waals surface area (Å²) in [5.74, 6) is 0.305. The normalized spacial score (nSPS) is 19.3. The Morgan fingerprint density at radius 3 is 2.59 bits per heavy atom. The Hall–Kier alpha value is -2.88. The molecule has 9 heteroatoms. The van der Waals surface area contributed by atoms with Crippen molar-refractivity contribution in [2.24, 2.45) is 0 Å². The third-order valence-electron chi connectivity index (χ3n) is 6.33. The fraction of sp³-hybridized carbons (Fsp3) is 0.400. The SMILES string of the molecule is CC(C)[S+]([O-])N1CCN(c2cnn(-c3ccccc3)c(=O)c2OC2CCc3ncccc32)CC1. The molecule has 5 rings (SSSR count). The number of benzene rings is 1. The Morgan fingerprint density at radius 2 is 1.85 bits per heavy atom. The van der Waals surface area contributed by atoms with Crippen molar-refractivity contribution < 1.29 is 9.29 Å². The number of hydrogen-bond acceptors (Lipinski definition) is 7. The summed E-state index contributed by atoms with van der Waals surface area (Å²) in [6.07, 6.45) is 4.89. The van der Waals surface area contributed by atoms with Crippen molar-refractivity contribution in [3.8, 4) is 11.4 Å². The van der Waals surface area contributed by atoms with E-state index < -0.39 is 11.4 Å². The van der Waals surface area contributed by atoms with Gasteiger partial charge in [0.05, 0.1) is 25.0 Å². The molecule has 1 fully saturated rings. The predicted octanol–water partition coefficient (Wildman–Crippen LogP) is 2.89. The fourth-order valence-electron chi connectivity index (χ4n) is 4.57. The quantitative estimate of drug-likeness (QED) is 0.503. The Kier molecular flexibility index (Phi) is 6.58.